The summed E-state index contributed by atoms with van der Waals surface area (Å²) in [7, 11) is 0. The third-order valence-corrected chi connectivity index (χ3v) is 4.34. The largest absolute Gasteiger partial charge is 0.298 e. The molecule has 3 rings (SSSR count). The molecule has 22 heavy (non-hydrogen) atoms. The number of hydrogen-bond acceptors (Lipinski definition) is 3. The maximum Gasteiger partial charge on any atom is 0.298 e. The highest BCUT2D eigenvalue weighted by molar-refractivity contribution is 8.19. The van der Waals surface area contributed by atoms with Gasteiger partial charge in [0.15, 0.2) is 0 Å². The number of hydrogen-bond donors (Lipinski definition) is 0. The van der Waals surface area contributed by atoms with Crippen molar-refractivity contribution in [3.63, 3.8) is 0 Å². The molecule has 110 valence electrons. The molecule has 5 heteroatoms. The van der Waals surface area contributed by atoms with Crippen LogP contribution in [0.25, 0.3) is 6.08 Å². The molecule has 0 aliphatic carbocycles. The first kappa shape index (κ1) is 14.9. The Morgan fingerprint density at radius 3 is 2.50 bits per heavy atom. The number of aryl methyl sites for hydroxylation is 1. The topological polar surface area (TPSA) is 37.4 Å². The predicted molar refractivity (Wildman–Crippen MR) is 91.1 cm³/mol. The Morgan fingerprint density at radius 1 is 1.09 bits per heavy atom. The lowest BCUT2D eigenvalue weighted by Gasteiger charge is -2.12. The van der Waals surface area contributed by atoms with Crippen molar-refractivity contribution in [2.45, 2.75) is 6.92 Å². The number of amides is 2. The van der Waals surface area contributed by atoms with Crippen molar-refractivity contribution < 1.29 is 9.59 Å². The Kier molecular flexibility index (Phi) is 4.05. The summed E-state index contributed by atoms with van der Waals surface area (Å²) < 4.78 is 0. The minimum Gasteiger partial charge on any atom is -0.268 e. The number of anilines is 1. The first-order valence-corrected chi connectivity index (χ1v) is 7.84. The van der Waals surface area contributed by atoms with Crippen LogP contribution < -0.4 is 4.90 Å². The third-order valence-electron chi connectivity index (χ3n) is 3.22. The maximum absolute atomic E-state index is 12.5. The van der Waals surface area contributed by atoms with E-state index in [0.717, 1.165) is 22.9 Å². The second-order valence-corrected chi connectivity index (χ2v) is 6.34. The Morgan fingerprint density at radius 2 is 1.82 bits per heavy atom. The molecular formula is C17H12ClNO2S. The smallest absolute Gasteiger partial charge is 0.268 e. The number of nitrogens with zero attached hydrogens (tertiary/aromatic N) is 1. The van der Waals surface area contributed by atoms with Crippen molar-refractivity contribution in [1.82, 2.24) is 0 Å². The number of benzene rings is 2. The van der Waals surface area contributed by atoms with Crippen LogP contribution in [-0.2, 0) is 4.79 Å². The minimum atomic E-state index is -0.296. The van der Waals surface area contributed by atoms with Crippen LogP contribution in [-0.4, -0.2) is 11.1 Å². The van der Waals surface area contributed by atoms with E-state index in [1.807, 2.05) is 37.3 Å². The highest BCUT2D eigenvalue weighted by Gasteiger charge is 2.36. The van der Waals surface area contributed by atoms with Gasteiger partial charge in [-0.25, -0.2) is 4.90 Å². The Balaban J connectivity index is 1.93. The summed E-state index contributed by atoms with van der Waals surface area (Å²) in [6.45, 7) is 1.92. The molecule has 2 aromatic rings. The Hall–Kier alpha value is -2.04. The Labute approximate surface area is 137 Å². The molecule has 1 saturated heterocycles. The first-order valence-electron chi connectivity index (χ1n) is 6.65. The second-order valence-electron chi connectivity index (χ2n) is 4.91. The van der Waals surface area contributed by atoms with E-state index < -0.39 is 0 Å². The molecule has 0 atom stereocenters. The molecule has 0 spiro atoms. The molecule has 2 aromatic carbocycles. The fraction of sp³-hybridized carbons (Fsp3) is 0.0588. The molecule has 0 N–H and O–H groups in total. The zero-order valence-electron chi connectivity index (χ0n) is 11.7. The van der Waals surface area contributed by atoms with Crippen molar-refractivity contribution in [1.29, 1.82) is 0 Å². The number of carbonyl (C=O) groups is 2. The van der Waals surface area contributed by atoms with Gasteiger partial charge in [-0.15, -0.1) is 0 Å². The van der Waals surface area contributed by atoms with E-state index in [0.29, 0.717) is 15.6 Å². The molecule has 0 bridgehead atoms. The lowest BCUT2D eigenvalue weighted by atomic mass is 10.2. The zero-order chi connectivity index (χ0) is 15.7. The van der Waals surface area contributed by atoms with Gasteiger partial charge in [-0.2, -0.15) is 0 Å². The predicted octanol–water partition coefficient (Wildman–Crippen LogP) is 4.89. The van der Waals surface area contributed by atoms with Crippen molar-refractivity contribution in [3.05, 3.63) is 69.6 Å². The summed E-state index contributed by atoms with van der Waals surface area (Å²) in [5.41, 5.74) is 2.43. The van der Waals surface area contributed by atoms with Crippen molar-refractivity contribution in [2.24, 2.45) is 0 Å². The van der Waals surface area contributed by atoms with Gasteiger partial charge in [0.05, 0.1) is 10.6 Å². The monoisotopic (exact) mass is 329 g/mol. The second kappa shape index (κ2) is 5.99. The lowest BCUT2D eigenvalue weighted by molar-refractivity contribution is -0.113. The van der Waals surface area contributed by atoms with Gasteiger partial charge in [-0.3, -0.25) is 9.59 Å². The van der Waals surface area contributed by atoms with Gasteiger partial charge in [0.1, 0.15) is 0 Å². The summed E-state index contributed by atoms with van der Waals surface area (Å²) in [5, 5.41) is 0.348. The fourth-order valence-corrected chi connectivity index (χ4v) is 3.14. The summed E-state index contributed by atoms with van der Waals surface area (Å²) in [5.74, 6) is -0.296. The summed E-state index contributed by atoms with van der Waals surface area (Å²) >= 11 is 6.79. The van der Waals surface area contributed by atoms with Gasteiger partial charge >= 0.3 is 0 Å². The van der Waals surface area contributed by atoms with Crippen LogP contribution in [0.1, 0.15) is 11.1 Å². The molecule has 3 nitrogen and oxygen atoms in total. The third kappa shape index (κ3) is 2.93. The van der Waals surface area contributed by atoms with Crippen LogP contribution in [0.15, 0.2) is 53.4 Å². The molecule has 1 aliphatic rings. The van der Waals surface area contributed by atoms with Crippen LogP contribution in [0.3, 0.4) is 0 Å². The molecule has 1 aliphatic heterocycles. The molecule has 1 fully saturated rings. The van der Waals surface area contributed by atoms with E-state index in [9.17, 15) is 9.59 Å². The van der Waals surface area contributed by atoms with Crippen LogP contribution in [0, 0.1) is 6.92 Å². The average Bonchev–Trinajstić information content (AvgIpc) is 2.76. The SMILES string of the molecule is Cc1cccc(N2C(=O)S/C(=C\c3ccc(Cl)cc3)C2=O)c1. The van der Waals surface area contributed by atoms with Crippen LogP contribution in [0.2, 0.25) is 5.02 Å². The zero-order valence-corrected chi connectivity index (χ0v) is 13.3. The Bertz CT molecular complexity index is 784. The normalized spacial score (nSPS) is 16.6. The van der Waals surface area contributed by atoms with E-state index in [1.54, 1.807) is 24.3 Å². The van der Waals surface area contributed by atoms with E-state index in [-0.39, 0.29) is 11.1 Å². The number of thioether (sulfide) groups is 1. The lowest BCUT2D eigenvalue weighted by Crippen LogP contribution is -2.27. The minimum absolute atomic E-state index is 0.282. The maximum atomic E-state index is 12.5. The van der Waals surface area contributed by atoms with Gasteiger partial charge in [-0.05, 0) is 60.2 Å². The summed E-state index contributed by atoms with van der Waals surface area (Å²) in [6.07, 6.45) is 1.71. The highest BCUT2D eigenvalue weighted by atomic mass is 35.5. The van der Waals surface area contributed by atoms with Gasteiger partial charge in [0, 0.05) is 5.02 Å². The first-order chi connectivity index (χ1) is 10.5. The quantitative estimate of drug-likeness (QED) is 0.736. The number of halogens is 1. The summed E-state index contributed by atoms with van der Waals surface area (Å²) in [6, 6.07) is 14.4. The number of imide groups is 1. The van der Waals surface area contributed by atoms with Crippen molar-refractivity contribution >= 4 is 46.3 Å². The van der Waals surface area contributed by atoms with Gasteiger partial charge in [0.25, 0.3) is 11.1 Å². The molecule has 0 aromatic heterocycles. The molecule has 2 amide bonds. The van der Waals surface area contributed by atoms with Gasteiger partial charge < -0.3 is 0 Å². The van der Waals surface area contributed by atoms with E-state index >= 15 is 0 Å². The van der Waals surface area contributed by atoms with Gasteiger partial charge in [-0.1, -0.05) is 35.9 Å². The van der Waals surface area contributed by atoms with Crippen molar-refractivity contribution in [2.75, 3.05) is 4.90 Å². The fourth-order valence-electron chi connectivity index (χ4n) is 2.17. The number of rotatable bonds is 2. The molecular weight excluding hydrogens is 318 g/mol. The van der Waals surface area contributed by atoms with E-state index in [1.165, 1.54) is 4.90 Å². The van der Waals surface area contributed by atoms with E-state index in [4.69, 9.17) is 11.6 Å². The standard InChI is InChI=1S/C17H12ClNO2S/c1-11-3-2-4-14(9-11)19-16(20)15(22-17(19)21)10-12-5-7-13(18)8-6-12/h2-10H,1H3/b15-10-. The molecule has 0 radical (unpaired) electrons. The van der Waals surface area contributed by atoms with Gasteiger partial charge in [0.2, 0.25) is 0 Å². The highest BCUT2D eigenvalue weighted by Crippen LogP contribution is 2.35. The van der Waals surface area contributed by atoms with Crippen LogP contribution in [0.4, 0.5) is 10.5 Å². The van der Waals surface area contributed by atoms with Crippen LogP contribution >= 0.6 is 23.4 Å². The summed E-state index contributed by atoms with van der Waals surface area (Å²) in [4.78, 5) is 26.3. The average molecular weight is 330 g/mol. The molecule has 0 unspecified atom stereocenters. The number of carbonyl (C=O) groups excluding carboxylic acids is 2. The van der Waals surface area contributed by atoms with Crippen LogP contribution in [0.5, 0.6) is 0 Å². The molecule has 1 heterocycles. The van der Waals surface area contributed by atoms with Crippen molar-refractivity contribution in [3.8, 4) is 0 Å². The molecule has 0 saturated carbocycles. The van der Waals surface area contributed by atoms with E-state index in [2.05, 4.69) is 0 Å².